The van der Waals surface area contributed by atoms with Gasteiger partial charge in [-0.1, -0.05) is 6.92 Å². The Balaban J connectivity index is 2.37. The molecular formula is C14H20N2O4S. The van der Waals surface area contributed by atoms with E-state index in [2.05, 4.69) is 11.6 Å². The molecule has 1 fully saturated rings. The number of non-ortho nitro benzene ring substituents is 1. The lowest BCUT2D eigenvalue weighted by atomic mass is 10.1. The lowest BCUT2D eigenvalue weighted by molar-refractivity contribution is -0.385. The molecule has 0 bridgehead atoms. The molecule has 0 aliphatic heterocycles. The third-order valence-electron chi connectivity index (χ3n) is 4.12. The zero-order chi connectivity index (χ0) is 15.8. The van der Waals surface area contributed by atoms with E-state index in [4.69, 9.17) is 0 Å². The molecule has 0 radical (unpaired) electrons. The monoisotopic (exact) mass is 312 g/mol. The van der Waals surface area contributed by atoms with Crippen molar-refractivity contribution < 1.29 is 13.3 Å². The molecule has 116 valence electrons. The van der Waals surface area contributed by atoms with E-state index in [0.29, 0.717) is 17.0 Å². The van der Waals surface area contributed by atoms with Crippen LogP contribution in [-0.2, 0) is 10.0 Å². The molecule has 0 amide bonds. The molecule has 6 nitrogen and oxygen atoms in total. The van der Waals surface area contributed by atoms with Gasteiger partial charge in [0.2, 0.25) is 10.0 Å². The van der Waals surface area contributed by atoms with Gasteiger partial charge in [0.25, 0.3) is 5.69 Å². The molecule has 0 heterocycles. The van der Waals surface area contributed by atoms with Crippen LogP contribution >= 0.6 is 0 Å². The van der Waals surface area contributed by atoms with Gasteiger partial charge in [-0.25, -0.2) is 13.1 Å². The first kappa shape index (κ1) is 15.9. The molecule has 2 unspecified atom stereocenters. The highest BCUT2D eigenvalue weighted by Crippen LogP contribution is 2.29. The summed E-state index contributed by atoms with van der Waals surface area (Å²) >= 11 is 0. The zero-order valence-corrected chi connectivity index (χ0v) is 13.2. The van der Waals surface area contributed by atoms with E-state index in [1.807, 2.05) is 0 Å². The lowest BCUT2D eigenvalue weighted by Gasteiger charge is -2.15. The number of nitrogens with one attached hydrogen (secondary N) is 1. The lowest BCUT2D eigenvalue weighted by Crippen LogP contribution is -2.33. The van der Waals surface area contributed by atoms with Gasteiger partial charge in [-0.05, 0) is 50.2 Å². The summed E-state index contributed by atoms with van der Waals surface area (Å²) in [6, 6.07) is 2.46. The maximum atomic E-state index is 12.5. The molecule has 0 saturated heterocycles. The van der Waals surface area contributed by atoms with Gasteiger partial charge >= 0.3 is 0 Å². The van der Waals surface area contributed by atoms with Crippen LogP contribution in [0.15, 0.2) is 17.0 Å². The standard InChI is InChI=1S/C14H20N2O4S/c1-9-4-5-12(6-9)15-21(19,20)14-8-13(16(17)18)7-10(2)11(14)3/h7-9,12,15H,4-6H2,1-3H3. The number of hydrogen-bond donors (Lipinski definition) is 1. The average Bonchev–Trinajstić information content (AvgIpc) is 2.76. The number of aryl methyl sites for hydroxylation is 1. The molecular weight excluding hydrogens is 292 g/mol. The molecule has 1 aromatic rings. The maximum Gasteiger partial charge on any atom is 0.271 e. The van der Waals surface area contributed by atoms with Crippen LogP contribution in [-0.4, -0.2) is 19.4 Å². The Hall–Kier alpha value is -1.47. The number of nitro groups is 1. The SMILES string of the molecule is Cc1cc([N+](=O)[O-])cc(S(=O)(=O)NC2CCC(C)C2)c1C. The predicted octanol–water partition coefficient (Wildman–Crippen LogP) is 2.68. The molecule has 1 aliphatic carbocycles. The predicted molar refractivity (Wildman–Crippen MR) is 79.7 cm³/mol. The quantitative estimate of drug-likeness (QED) is 0.683. The number of benzene rings is 1. The maximum absolute atomic E-state index is 12.5. The van der Waals surface area contributed by atoms with Crippen LogP contribution in [0.2, 0.25) is 0 Å². The van der Waals surface area contributed by atoms with Crippen molar-refractivity contribution in [3.8, 4) is 0 Å². The zero-order valence-electron chi connectivity index (χ0n) is 12.4. The molecule has 1 aliphatic rings. The molecule has 1 saturated carbocycles. The molecule has 1 aromatic carbocycles. The number of hydrogen-bond acceptors (Lipinski definition) is 4. The van der Waals surface area contributed by atoms with Gasteiger partial charge in [0.15, 0.2) is 0 Å². The van der Waals surface area contributed by atoms with Gasteiger partial charge in [-0.2, -0.15) is 0 Å². The summed E-state index contributed by atoms with van der Waals surface area (Å²) in [5, 5.41) is 10.9. The minimum Gasteiger partial charge on any atom is -0.258 e. The molecule has 21 heavy (non-hydrogen) atoms. The van der Waals surface area contributed by atoms with Crippen LogP contribution in [0.25, 0.3) is 0 Å². The van der Waals surface area contributed by atoms with Gasteiger partial charge in [-0.3, -0.25) is 10.1 Å². The van der Waals surface area contributed by atoms with E-state index in [-0.39, 0.29) is 16.6 Å². The van der Waals surface area contributed by atoms with Gasteiger partial charge in [-0.15, -0.1) is 0 Å². The molecule has 0 aromatic heterocycles. The first-order valence-corrected chi connectivity index (χ1v) is 8.47. The van der Waals surface area contributed by atoms with E-state index in [1.165, 1.54) is 6.07 Å². The normalized spacial score (nSPS) is 22.4. The van der Waals surface area contributed by atoms with Crippen molar-refractivity contribution in [2.24, 2.45) is 5.92 Å². The number of rotatable bonds is 4. The molecule has 1 N–H and O–H groups in total. The Morgan fingerprint density at radius 3 is 2.48 bits per heavy atom. The Morgan fingerprint density at radius 2 is 1.95 bits per heavy atom. The van der Waals surface area contributed by atoms with Crippen molar-refractivity contribution in [2.75, 3.05) is 0 Å². The van der Waals surface area contributed by atoms with Crippen molar-refractivity contribution >= 4 is 15.7 Å². The van der Waals surface area contributed by atoms with E-state index < -0.39 is 14.9 Å². The Labute approximate surface area is 124 Å². The Bertz CT molecular complexity index is 670. The fourth-order valence-corrected chi connectivity index (χ4v) is 4.41. The van der Waals surface area contributed by atoms with Gasteiger partial charge in [0.05, 0.1) is 9.82 Å². The number of sulfonamides is 1. The third kappa shape index (κ3) is 3.41. The smallest absolute Gasteiger partial charge is 0.258 e. The van der Waals surface area contributed by atoms with Gasteiger partial charge in [0.1, 0.15) is 0 Å². The summed E-state index contributed by atoms with van der Waals surface area (Å²) in [5.74, 6) is 0.505. The van der Waals surface area contributed by atoms with Crippen LogP contribution in [0.4, 0.5) is 5.69 Å². The van der Waals surface area contributed by atoms with Crippen molar-refractivity contribution in [3.63, 3.8) is 0 Å². The molecule has 0 spiro atoms. The van der Waals surface area contributed by atoms with Gasteiger partial charge in [0, 0.05) is 18.2 Å². The first-order chi connectivity index (χ1) is 9.70. The fourth-order valence-electron chi connectivity index (χ4n) is 2.79. The Morgan fingerprint density at radius 1 is 1.29 bits per heavy atom. The van der Waals surface area contributed by atoms with E-state index in [1.54, 1.807) is 13.8 Å². The second-order valence-corrected chi connectivity index (χ2v) is 7.56. The summed E-state index contributed by atoms with van der Waals surface area (Å²) in [4.78, 5) is 10.4. The molecule has 2 atom stereocenters. The molecule has 7 heteroatoms. The summed E-state index contributed by atoms with van der Waals surface area (Å²) in [5.41, 5.74) is 0.960. The minimum atomic E-state index is -3.73. The van der Waals surface area contributed by atoms with Crippen molar-refractivity contribution in [2.45, 2.75) is 51.0 Å². The van der Waals surface area contributed by atoms with Crippen molar-refractivity contribution in [1.29, 1.82) is 0 Å². The summed E-state index contributed by atoms with van der Waals surface area (Å²) in [6.45, 7) is 5.45. The average molecular weight is 312 g/mol. The van der Waals surface area contributed by atoms with E-state index in [0.717, 1.165) is 25.3 Å². The van der Waals surface area contributed by atoms with Crippen molar-refractivity contribution in [1.82, 2.24) is 4.72 Å². The van der Waals surface area contributed by atoms with Crippen LogP contribution in [0, 0.1) is 29.9 Å². The fraction of sp³-hybridized carbons (Fsp3) is 0.571. The number of nitrogens with zero attached hydrogens (tertiary/aromatic N) is 1. The minimum absolute atomic E-state index is 0.00810. The molecule has 2 rings (SSSR count). The van der Waals surface area contributed by atoms with E-state index >= 15 is 0 Å². The number of nitro benzene ring substituents is 1. The summed E-state index contributed by atoms with van der Waals surface area (Å²) < 4.78 is 27.7. The summed E-state index contributed by atoms with van der Waals surface area (Å²) in [7, 11) is -3.73. The second-order valence-electron chi connectivity index (χ2n) is 5.88. The largest absolute Gasteiger partial charge is 0.271 e. The highest BCUT2D eigenvalue weighted by Gasteiger charge is 2.28. The van der Waals surface area contributed by atoms with Crippen LogP contribution in [0.5, 0.6) is 0 Å². The van der Waals surface area contributed by atoms with Crippen LogP contribution < -0.4 is 4.72 Å². The third-order valence-corrected chi connectivity index (χ3v) is 5.77. The summed E-state index contributed by atoms with van der Waals surface area (Å²) in [6.07, 6.45) is 2.62. The topological polar surface area (TPSA) is 89.3 Å². The van der Waals surface area contributed by atoms with Crippen LogP contribution in [0.3, 0.4) is 0 Å². The highest BCUT2D eigenvalue weighted by molar-refractivity contribution is 7.89. The second kappa shape index (κ2) is 5.73. The highest BCUT2D eigenvalue weighted by atomic mass is 32.2. The van der Waals surface area contributed by atoms with Crippen LogP contribution in [0.1, 0.15) is 37.3 Å². The van der Waals surface area contributed by atoms with E-state index in [9.17, 15) is 18.5 Å². The van der Waals surface area contributed by atoms with Gasteiger partial charge < -0.3 is 0 Å². The Kier molecular flexibility index (Phi) is 4.34. The van der Waals surface area contributed by atoms with Crippen molar-refractivity contribution in [3.05, 3.63) is 33.4 Å². The first-order valence-electron chi connectivity index (χ1n) is 6.98.